The lowest BCUT2D eigenvalue weighted by molar-refractivity contribution is -0.117. The van der Waals surface area contributed by atoms with Gasteiger partial charge in [-0.1, -0.05) is 46.3 Å². The van der Waals surface area contributed by atoms with Gasteiger partial charge in [0.25, 0.3) is 5.91 Å². The average Bonchev–Trinajstić information content (AvgIpc) is 2.81. The molecular weight excluding hydrogens is 475 g/mol. The van der Waals surface area contributed by atoms with E-state index in [-0.39, 0.29) is 24.5 Å². The van der Waals surface area contributed by atoms with E-state index in [2.05, 4.69) is 21.2 Å². The van der Waals surface area contributed by atoms with Gasteiger partial charge in [0.1, 0.15) is 35.6 Å². The molecule has 0 saturated heterocycles. The van der Waals surface area contributed by atoms with E-state index in [1.165, 1.54) is 12.1 Å². The summed E-state index contributed by atoms with van der Waals surface area (Å²) >= 11 is 3.39. The second-order valence-corrected chi connectivity index (χ2v) is 7.68. The van der Waals surface area contributed by atoms with Gasteiger partial charge in [-0.2, -0.15) is 5.26 Å². The van der Waals surface area contributed by atoms with E-state index in [1.54, 1.807) is 55.6 Å². The number of carbonyl (C=O) groups is 1. The number of nitrogens with zero attached hydrogens (tertiary/aromatic N) is 1. The Balaban J connectivity index is 1.75. The summed E-state index contributed by atoms with van der Waals surface area (Å²) in [6.07, 6.45) is 1.45. The molecule has 0 spiro atoms. The van der Waals surface area contributed by atoms with E-state index in [0.29, 0.717) is 16.9 Å². The first-order chi connectivity index (χ1) is 15.5. The van der Waals surface area contributed by atoms with Crippen LogP contribution in [0.15, 0.2) is 76.8 Å². The largest absolute Gasteiger partial charge is 0.497 e. The van der Waals surface area contributed by atoms with Crippen molar-refractivity contribution in [1.29, 1.82) is 5.26 Å². The normalized spacial score (nSPS) is 10.9. The molecule has 1 N–H and O–H groups in total. The van der Waals surface area contributed by atoms with Crippen molar-refractivity contribution in [3.8, 4) is 17.6 Å². The number of hydrogen-bond donors (Lipinski definition) is 1. The Labute approximate surface area is 194 Å². The second-order valence-electron chi connectivity index (χ2n) is 6.76. The molecule has 0 unspecified atom stereocenters. The number of nitrogens with one attached hydrogen (secondary N) is 1. The minimum atomic E-state index is -0.511. The van der Waals surface area contributed by atoms with E-state index in [4.69, 9.17) is 9.47 Å². The van der Waals surface area contributed by atoms with Crippen LogP contribution < -0.4 is 14.8 Å². The van der Waals surface area contributed by atoms with Gasteiger partial charge in [-0.15, -0.1) is 0 Å². The molecule has 3 rings (SSSR count). The molecule has 0 aliphatic rings. The molecule has 1 amide bonds. The number of halogens is 2. The number of ether oxygens (including phenoxy) is 2. The highest BCUT2D eigenvalue weighted by molar-refractivity contribution is 9.10. The second kappa shape index (κ2) is 11.1. The van der Waals surface area contributed by atoms with Crippen molar-refractivity contribution in [2.75, 3.05) is 7.11 Å². The Morgan fingerprint density at radius 3 is 2.59 bits per heavy atom. The summed E-state index contributed by atoms with van der Waals surface area (Å²) < 4.78 is 25.5. The molecule has 0 aliphatic heterocycles. The van der Waals surface area contributed by atoms with Crippen LogP contribution in [0.3, 0.4) is 0 Å². The van der Waals surface area contributed by atoms with Gasteiger partial charge in [-0.25, -0.2) is 4.39 Å². The van der Waals surface area contributed by atoms with Crippen molar-refractivity contribution >= 4 is 27.9 Å². The highest BCUT2D eigenvalue weighted by atomic mass is 79.9. The smallest absolute Gasteiger partial charge is 0.262 e. The first-order valence-corrected chi connectivity index (χ1v) is 10.5. The van der Waals surface area contributed by atoms with Gasteiger partial charge in [0, 0.05) is 22.1 Å². The Hall–Kier alpha value is -3.63. The van der Waals surface area contributed by atoms with Crippen molar-refractivity contribution in [3.63, 3.8) is 0 Å². The van der Waals surface area contributed by atoms with Crippen LogP contribution in [-0.2, 0) is 17.9 Å². The molecule has 5 nitrogen and oxygen atoms in total. The Morgan fingerprint density at radius 2 is 1.91 bits per heavy atom. The molecule has 0 radical (unpaired) electrons. The Bertz CT molecular complexity index is 1170. The molecule has 0 fully saturated rings. The fourth-order valence-corrected chi connectivity index (χ4v) is 3.24. The zero-order valence-corrected chi connectivity index (χ0v) is 18.9. The van der Waals surface area contributed by atoms with Crippen LogP contribution in [0, 0.1) is 17.1 Å². The predicted octanol–water partition coefficient (Wildman–Crippen LogP) is 5.40. The number of hydrogen-bond acceptors (Lipinski definition) is 4. The fourth-order valence-electron chi connectivity index (χ4n) is 2.86. The number of methoxy groups -OCH3 is 1. The Kier molecular flexibility index (Phi) is 8.01. The maximum atomic E-state index is 13.9. The first kappa shape index (κ1) is 23.0. The summed E-state index contributed by atoms with van der Waals surface area (Å²) in [5, 5.41) is 12.3. The molecule has 0 aliphatic carbocycles. The molecule has 162 valence electrons. The fraction of sp³-hybridized carbons (Fsp3) is 0.120. The summed E-state index contributed by atoms with van der Waals surface area (Å²) in [4.78, 5) is 12.6. The first-order valence-electron chi connectivity index (χ1n) is 9.69. The van der Waals surface area contributed by atoms with Gasteiger partial charge >= 0.3 is 0 Å². The molecule has 7 heteroatoms. The van der Waals surface area contributed by atoms with E-state index in [1.807, 2.05) is 18.2 Å². The summed E-state index contributed by atoms with van der Waals surface area (Å²) in [5.74, 6) is 0.267. The molecule has 32 heavy (non-hydrogen) atoms. The van der Waals surface area contributed by atoms with Crippen molar-refractivity contribution in [2.24, 2.45) is 0 Å². The molecule has 0 bridgehead atoms. The average molecular weight is 495 g/mol. The minimum Gasteiger partial charge on any atom is -0.497 e. The SMILES string of the molecule is COc1ccc(CNC(=O)/C(C#N)=C\c2cc(Br)ccc2OCc2ccccc2F)cc1. The van der Waals surface area contributed by atoms with Gasteiger partial charge < -0.3 is 14.8 Å². The van der Waals surface area contributed by atoms with E-state index < -0.39 is 5.91 Å². The molecule has 0 heterocycles. The lowest BCUT2D eigenvalue weighted by Crippen LogP contribution is -2.23. The standard InChI is InChI=1S/C25H20BrFN2O3/c1-31-22-9-6-17(7-10-22)15-29-25(30)20(14-28)12-19-13-21(26)8-11-24(19)32-16-18-4-2-3-5-23(18)27/h2-13H,15-16H2,1H3,(H,29,30)/b20-12-. The van der Waals surface area contributed by atoms with Crippen LogP contribution in [0.25, 0.3) is 6.08 Å². The highest BCUT2D eigenvalue weighted by Gasteiger charge is 2.12. The lowest BCUT2D eigenvalue weighted by Gasteiger charge is -2.11. The van der Waals surface area contributed by atoms with Gasteiger partial charge in [-0.05, 0) is 48.0 Å². The maximum absolute atomic E-state index is 13.9. The summed E-state index contributed by atoms with van der Waals surface area (Å²) in [7, 11) is 1.58. The number of amides is 1. The van der Waals surface area contributed by atoms with Gasteiger partial charge in [0.15, 0.2) is 0 Å². The molecular formula is C25H20BrFN2O3. The van der Waals surface area contributed by atoms with Crippen molar-refractivity contribution < 1.29 is 18.7 Å². The van der Waals surface area contributed by atoms with E-state index in [9.17, 15) is 14.4 Å². The minimum absolute atomic E-state index is 0.0146. The highest BCUT2D eigenvalue weighted by Crippen LogP contribution is 2.27. The van der Waals surface area contributed by atoms with Crippen LogP contribution in [0.4, 0.5) is 4.39 Å². The number of benzene rings is 3. The van der Waals surface area contributed by atoms with Crippen molar-refractivity contribution in [1.82, 2.24) is 5.32 Å². The van der Waals surface area contributed by atoms with Gasteiger partial charge in [0.2, 0.25) is 0 Å². The van der Waals surface area contributed by atoms with Crippen molar-refractivity contribution in [3.05, 3.63) is 99.3 Å². The molecule has 0 aromatic heterocycles. The molecule has 3 aromatic rings. The number of nitriles is 1. The third-order valence-corrected chi connectivity index (χ3v) is 5.08. The Morgan fingerprint density at radius 1 is 1.16 bits per heavy atom. The van der Waals surface area contributed by atoms with Crippen LogP contribution >= 0.6 is 15.9 Å². The quantitative estimate of drug-likeness (QED) is 0.336. The van der Waals surface area contributed by atoms with Crippen LogP contribution in [0.5, 0.6) is 11.5 Å². The number of rotatable bonds is 8. The third kappa shape index (κ3) is 6.19. The summed E-state index contributed by atoms with van der Waals surface area (Å²) in [5.41, 5.74) is 1.72. The monoisotopic (exact) mass is 494 g/mol. The zero-order chi connectivity index (χ0) is 22.9. The molecule has 0 atom stereocenters. The predicted molar refractivity (Wildman–Crippen MR) is 123 cm³/mol. The zero-order valence-electron chi connectivity index (χ0n) is 17.3. The maximum Gasteiger partial charge on any atom is 0.262 e. The molecule has 3 aromatic carbocycles. The number of carbonyl (C=O) groups excluding carboxylic acids is 1. The van der Waals surface area contributed by atoms with Gasteiger partial charge in [-0.3, -0.25) is 4.79 Å². The summed E-state index contributed by atoms with van der Waals surface area (Å²) in [6, 6.07) is 20.7. The van der Waals surface area contributed by atoms with Gasteiger partial charge in [0.05, 0.1) is 7.11 Å². The molecule has 0 saturated carbocycles. The van der Waals surface area contributed by atoms with Crippen molar-refractivity contribution in [2.45, 2.75) is 13.2 Å². The lowest BCUT2D eigenvalue weighted by atomic mass is 10.1. The van der Waals surface area contributed by atoms with Crippen LogP contribution in [0.1, 0.15) is 16.7 Å². The summed E-state index contributed by atoms with van der Waals surface area (Å²) in [6.45, 7) is 0.275. The van der Waals surface area contributed by atoms with E-state index >= 15 is 0 Å². The van der Waals surface area contributed by atoms with E-state index in [0.717, 1.165) is 15.8 Å². The third-order valence-electron chi connectivity index (χ3n) is 4.59. The topological polar surface area (TPSA) is 71.3 Å². The van der Waals surface area contributed by atoms with Crippen LogP contribution in [0.2, 0.25) is 0 Å². The van der Waals surface area contributed by atoms with Crippen LogP contribution in [-0.4, -0.2) is 13.0 Å².